The van der Waals surface area contributed by atoms with Gasteiger partial charge >= 0.3 is 0 Å². The van der Waals surface area contributed by atoms with Gasteiger partial charge in [-0.3, -0.25) is 0 Å². The van der Waals surface area contributed by atoms with Crippen molar-refractivity contribution in [2.45, 2.75) is 25.4 Å². The van der Waals surface area contributed by atoms with Gasteiger partial charge in [-0.05, 0) is 46.0 Å². The average molecular weight is 355 g/mol. The SMILES string of the molecule is Fc1c(-c2ccc(CNC3CC3)cc2)ccc(Br)c1Cl. The fraction of sp³-hybridized carbons (Fsp3) is 0.250. The molecule has 1 fully saturated rings. The molecule has 1 nitrogen and oxygen atoms in total. The lowest BCUT2D eigenvalue weighted by molar-refractivity contribution is 0.631. The van der Waals surface area contributed by atoms with E-state index in [2.05, 4.69) is 21.2 Å². The van der Waals surface area contributed by atoms with Crippen molar-refractivity contribution in [3.8, 4) is 11.1 Å². The van der Waals surface area contributed by atoms with Gasteiger partial charge < -0.3 is 5.32 Å². The van der Waals surface area contributed by atoms with Crippen molar-refractivity contribution >= 4 is 27.5 Å². The summed E-state index contributed by atoms with van der Waals surface area (Å²) < 4.78 is 14.7. The molecule has 0 unspecified atom stereocenters. The molecule has 0 aliphatic heterocycles. The molecule has 0 bridgehead atoms. The van der Waals surface area contributed by atoms with Crippen LogP contribution >= 0.6 is 27.5 Å². The zero-order chi connectivity index (χ0) is 14.1. The number of benzene rings is 2. The van der Waals surface area contributed by atoms with Gasteiger partial charge in [0.1, 0.15) is 0 Å². The fourth-order valence-electron chi connectivity index (χ4n) is 2.10. The zero-order valence-corrected chi connectivity index (χ0v) is 13.1. The second-order valence-electron chi connectivity index (χ2n) is 5.08. The first kappa shape index (κ1) is 14.1. The second kappa shape index (κ2) is 5.84. The smallest absolute Gasteiger partial charge is 0.150 e. The zero-order valence-electron chi connectivity index (χ0n) is 10.8. The standard InChI is InChI=1S/C16H14BrClFN/c17-14-8-7-13(16(19)15(14)18)11-3-1-10(2-4-11)9-20-12-5-6-12/h1-4,7-8,12,20H,5-6,9H2. The van der Waals surface area contributed by atoms with E-state index in [1.54, 1.807) is 12.1 Å². The Labute approximate surface area is 131 Å². The van der Waals surface area contributed by atoms with Crippen LogP contribution in [-0.2, 0) is 6.54 Å². The molecule has 4 heteroatoms. The molecule has 20 heavy (non-hydrogen) atoms. The third-order valence-corrected chi connectivity index (χ3v) is 4.73. The summed E-state index contributed by atoms with van der Waals surface area (Å²) in [4.78, 5) is 0. The van der Waals surface area contributed by atoms with Gasteiger partial charge in [-0.2, -0.15) is 0 Å². The molecule has 0 atom stereocenters. The van der Waals surface area contributed by atoms with Crippen LogP contribution < -0.4 is 5.32 Å². The molecule has 1 N–H and O–H groups in total. The Kier molecular flexibility index (Phi) is 4.11. The predicted octanol–water partition coefficient (Wildman–Crippen LogP) is 5.16. The van der Waals surface area contributed by atoms with Crippen LogP contribution in [0.5, 0.6) is 0 Å². The Morgan fingerprint density at radius 2 is 1.85 bits per heavy atom. The van der Waals surface area contributed by atoms with Crippen LogP contribution in [-0.4, -0.2) is 6.04 Å². The van der Waals surface area contributed by atoms with Crippen molar-refractivity contribution in [2.24, 2.45) is 0 Å². The van der Waals surface area contributed by atoms with Gasteiger partial charge in [0.05, 0.1) is 5.02 Å². The average Bonchev–Trinajstić information content (AvgIpc) is 3.28. The van der Waals surface area contributed by atoms with E-state index >= 15 is 0 Å². The monoisotopic (exact) mass is 353 g/mol. The largest absolute Gasteiger partial charge is 0.310 e. The van der Waals surface area contributed by atoms with Crippen LogP contribution in [0.3, 0.4) is 0 Å². The Balaban J connectivity index is 1.81. The third kappa shape index (κ3) is 3.05. The van der Waals surface area contributed by atoms with Gasteiger partial charge in [0.15, 0.2) is 5.82 Å². The van der Waals surface area contributed by atoms with Crippen LogP contribution in [0, 0.1) is 5.82 Å². The summed E-state index contributed by atoms with van der Waals surface area (Å²) in [7, 11) is 0. The first-order chi connectivity index (χ1) is 9.65. The van der Waals surface area contributed by atoms with Crippen LogP contribution in [0.1, 0.15) is 18.4 Å². The first-order valence-corrected chi connectivity index (χ1v) is 7.78. The first-order valence-electron chi connectivity index (χ1n) is 6.61. The Bertz CT molecular complexity index is 623. The molecule has 104 valence electrons. The van der Waals surface area contributed by atoms with E-state index in [4.69, 9.17) is 11.6 Å². The predicted molar refractivity (Wildman–Crippen MR) is 84.4 cm³/mol. The molecule has 2 aromatic carbocycles. The Morgan fingerprint density at radius 3 is 2.50 bits per heavy atom. The Morgan fingerprint density at radius 1 is 1.15 bits per heavy atom. The molecule has 0 radical (unpaired) electrons. The molecule has 3 rings (SSSR count). The molecular weight excluding hydrogens is 341 g/mol. The number of rotatable bonds is 4. The lowest BCUT2D eigenvalue weighted by atomic mass is 10.0. The van der Waals surface area contributed by atoms with E-state index in [-0.39, 0.29) is 10.8 Å². The molecular formula is C16H14BrClFN. The van der Waals surface area contributed by atoms with Gasteiger partial charge in [0, 0.05) is 22.6 Å². The second-order valence-corrected chi connectivity index (χ2v) is 6.31. The van der Waals surface area contributed by atoms with Gasteiger partial charge in [0.25, 0.3) is 0 Å². The minimum Gasteiger partial charge on any atom is -0.310 e. The van der Waals surface area contributed by atoms with E-state index in [0.717, 1.165) is 12.1 Å². The van der Waals surface area contributed by atoms with E-state index < -0.39 is 0 Å². The highest BCUT2D eigenvalue weighted by Crippen LogP contribution is 2.33. The van der Waals surface area contributed by atoms with Crippen LogP contribution in [0.2, 0.25) is 5.02 Å². The van der Waals surface area contributed by atoms with Crippen molar-refractivity contribution in [1.29, 1.82) is 0 Å². The van der Waals surface area contributed by atoms with Gasteiger partial charge in [-0.25, -0.2) is 4.39 Å². The van der Waals surface area contributed by atoms with Crippen molar-refractivity contribution in [1.82, 2.24) is 5.32 Å². The number of hydrogen-bond donors (Lipinski definition) is 1. The third-order valence-electron chi connectivity index (χ3n) is 3.47. The highest BCUT2D eigenvalue weighted by atomic mass is 79.9. The lowest BCUT2D eigenvalue weighted by Gasteiger charge is -2.08. The molecule has 1 aliphatic carbocycles. The molecule has 1 aliphatic rings. The lowest BCUT2D eigenvalue weighted by Crippen LogP contribution is -2.15. The molecule has 0 saturated heterocycles. The van der Waals surface area contributed by atoms with Crippen molar-refractivity contribution in [3.63, 3.8) is 0 Å². The Hall–Kier alpha value is -0.900. The van der Waals surface area contributed by atoms with Crippen LogP contribution in [0.4, 0.5) is 4.39 Å². The van der Waals surface area contributed by atoms with Crippen LogP contribution in [0.25, 0.3) is 11.1 Å². The number of nitrogens with one attached hydrogen (secondary N) is 1. The van der Waals surface area contributed by atoms with Crippen molar-refractivity contribution in [2.75, 3.05) is 0 Å². The summed E-state index contributed by atoms with van der Waals surface area (Å²) >= 11 is 9.15. The maximum atomic E-state index is 14.1. The summed E-state index contributed by atoms with van der Waals surface area (Å²) in [5.41, 5.74) is 2.58. The van der Waals surface area contributed by atoms with E-state index in [0.29, 0.717) is 16.1 Å². The highest BCUT2D eigenvalue weighted by Gasteiger charge is 2.19. The van der Waals surface area contributed by atoms with E-state index in [1.165, 1.54) is 18.4 Å². The summed E-state index contributed by atoms with van der Waals surface area (Å²) in [5.74, 6) is -0.384. The number of hydrogen-bond acceptors (Lipinski definition) is 1. The van der Waals surface area contributed by atoms with E-state index in [9.17, 15) is 4.39 Å². The summed E-state index contributed by atoms with van der Waals surface area (Å²) in [5, 5.41) is 3.59. The number of halogens is 3. The normalized spacial score (nSPS) is 14.6. The van der Waals surface area contributed by atoms with Gasteiger partial charge in [0.2, 0.25) is 0 Å². The van der Waals surface area contributed by atoms with Crippen LogP contribution in [0.15, 0.2) is 40.9 Å². The van der Waals surface area contributed by atoms with Gasteiger partial charge in [-0.15, -0.1) is 0 Å². The fourth-order valence-corrected chi connectivity index (χ4v) is 2.57. The molecule has 2 aromatic rings. The summed E-state index contributed by atoms with van der Waals surface area (Å²) in [6, 6.07) is 12.1. The molecule has 1 saturated carbocycles. The van der Waals surface area contributed by atoms with Gasteiger partial charge in [-0.1, -0.05) is 41.9 Å². The minimum absolute atomic E-state index is 0.127. The topological polar surface area (TPSA) is 12.0 Å². The molecule has 0 heterocycles. The maximum Gasteiger partial charge on any atom is 0.150 e. The highest BCUT2D eigenvalue weighted by molar-refractivity contribution is 9.10. The van der Waals surface area contributed by atoms with Crippen molar-refractivity contribution < 1.29 is 4.39 Å². The minimum atomic E-state index is -0.384. The molecule has 0 amide bonds. The van der Waals surface area contributed by atoms with Crippen molar-refractivity contribution in [3.05, 3.63) is 57.3 Å². The quantitative estimate of drug-likeness (QED) is 0.748. The molecule has 0 spiro atoms. The molecule has 0 aromatic heterocycles. The maximum absolute atomic E-state index is 14.1. The summed E-state index contributed by atoms with van der Waals surface area (Å²) in [6.07, 6.45) is 2.56. The van der Waals surface area contributed by atoms with E-state index in [1.807, 2.05) is 24.3 Å². The summed E-state index contributed by atoms with van der Waals surface area (Å²) in [6.45, 7) is 0.870.